The Kier molecular flexibility index (Phi) is 6.91. The molecule has 4 rings (SSSR count). The van der Waals surface area contributed by atoms with E-state index in [0.29, 0.717) is 23.9 Å². The molecular weight excluding hydrogens is 450 g/mol. The number of hydrogen-bond donors (Lipinski definition) is 4. The molecule has 8 nitrogen and oxygen atoms in total. The van der Waals surface area contributed by atoms with Crippen LogP contribution in [0.5, 0.6) is 23.0 Å². The molecule has 0 unspecified atom stereocenters. The number of para-hydroxylation sites is 1. The largest absolute Gasteiger partial charge is 0.508 e. The Labute approximate surface area is 201 Å². The molecule has 1 aromatic heterocycles. The average Bonchev–Trinajstić information content (AvgIpc) is 2.84. The van der Waals surface area contributed by atoms with Gasteiger partial charge in [-0.25, -0.2) is 4.79 Å². The number of phenolic OH excluding ortho intramolecular Hbond substituents is 2. The lowest BCUT2D eigenvalue weighted by molar-refractivity contribution is -0.121. The number of rotatable bonds is 8. The van der Waals surface area contributed by atoms with Crippen LogP contribution in [0.4, 0.5) is 0 Å². The maximum atomic E-state index is 12.9. The molecule has 8 heteroatoms. The van der Waals surface area contributed by atoms with Crippen LogP contribution in [0.1, 0.15) is 29.0 Å². The topological polar surface area (TPSA) is 129 Å². The molecule has 0 aliphatic heterocycles. The summed E-state index contributed by atoms with van der Waals surface area (Å²) in [5, 5.41) is 33.9. The first-order valence-corrected chi connectivity index (χ1v) is 11.0. The molecular formula is C27H25NO7. The van der Waals surface area contributed by atoms with Gasteiger partial charge in [-0.3, -0.25) is 4.79 Å². The van der Waals surface area contributed by atoms with Gasteiger partial charge in [0.05, 0.1) is 18.1 Å². The Morgan fingerprint density at radius 1 is 1.03 bits per heavy atom. The summed E-state index contributed by atoms with van der Waals surface area (Å²) in [6.45, 7) is 0.336. The van der Waals surface area contributed by atoms with E-state index in [-0.39, 0.29) is 46.5 Å². The predicted octanol–water partition coefficient (Wildman–Crippen LogP) is 3.80. The highest BCUT2D eigenvalue weighted by atomic mass is 16.5. The number of amides is 1. The Morgan fingerprint density at radius 3 is 2.49 bits per heavy atom. The van der Waals surface area contributed by atoms with Crippen LogP contribution < -0.4 is 15.7 Å². The lowest BCUT2D eigenvalue weighted by Crippen LogP contribution is -2.28. The van der Waals surface area contributed by atoms with E-state index in [0.717, 1.165) is 5.56 Å². The van der Waals surface area contributed by atoms with Crippen molar-refractivity contribution in [3.8, 4) is 23.0 Å². The Hall–Kier alpha value is -4.46. The second-order valence-corrected chi connectivity index (χ2v) is 8.10. The summed E-state index contributed by atoms with van der Waals surface area (Å²) in [7, 11) is 1.41. The van der Waals surface area contributed by atoms with Gasteiger partial charge in [-0.2, -0.15) is 0 Å². The molecule has 3 aromatic carbocycles. The number of carbonyl (C=O) groups excluding carboxylic acids is 1. The summed E-state index contributed by atoms with van der Waals surface area (Å²) in [5.41, 5.74) is 0.774. The van der Waals surface area contributed by atoms with E-state index in [1.807, 2.05) is 0 Å². The van der Waals surface area contributed by atoms with Crippen molar-refractivity contribution in [1.82, 2.24) is 5.32 Å². The van der Waals surface area contributed by atoms with E-state index in [1.165, 1.54) is 19.2 Å². The highest BCUT2D eigenvalue weighted by molar-refractivity contribution is 5.85. The Balaban J connectivity index is 1.64. The van der Waals surface area contributed by atoms with Gasteiger partial charge >= 0.3 is 5.63 Å². The fourth-order valence-corrected chi connectivity index (χ4v) is 4.03. The van der Waals surface area contributed by atoms with Crippen LogP contribution in [0, 0.1) is 0 Å². The fraction of sp³-hybridized carbons (Fsp3) is 0.185. The molecule has 180 valence electrons. The Morgan fingerprint density at radius 2 is 1.77 bits per heavy atom. The second kappa shape index (κ2) is 10.2. The quantitative estimate of drug-likeness (QED) is 0.285. The SMILES string of the molecule is COc1ccc([C@@H](CC(=O)NCCc2ccc(O)cc2)c2c(O)c3ccccc3oc2=O)cc1O. The van der Waals surface area contributed by atoms with E-state index in [1.54, 1.807) is 54.6 Å². The zero-order valence-corrected chi connectivity index (χ0v) is 19.0. The molecule has 1 atom stereocenters. The van der Waals surface area contributed by atoms with Gasteiger partial charge in [0, 0.05) is 18.9 Å². The highest BCUT2D eigenvalue weighted by Crippen LogP contribution is 2.38. The van der Waals surface area contributed by atoms with Crippen LogP contribution in [0.3, 0.4) is 0 Å². The number of benzene rings is 3. The molecule has 0 spiro atoms. The number of nitrogens with one attached hydrogen (secondary N) is 1. The number of methoxy groups -OCH3 is 1. The maximum Gasteiger partial charge on any atom is 0.343 e. The zero-order valence-electron chi connectivity index (χ0n) is 19.0. The van der Waals surface area contributed by atoms with Crippen LogP contribution in [0.2, 0.25) is 0 Å². The number of carbonyl (C=O) groups is 1. The first-order chi connectivity index (χ1) is 16.9. The average molecular weight is 475 g/mol. The van der Waals surface area contributed by atoms with Crippen LogP contribution >= 0.6 is 0 Å². The van der Waals surface area contributed by atoms with Gasteiger partial charge in [-0.1, -0.05) is 30.3 Å². The summed E-state index contributed by atoms with van der Waals surface area (Å²) in [4.78, 5) is 25.8. The lowest BCUT2D eigenvalue weighted by atomic mass is 9.87. The van der Waals surface area contributed by atoms with Crippen molar-refractivity contribution in [2.75, 3.05) is 13.7 Å². The van der Waals surface area contributed by atoms with Crippen molar-refractivity contribution in [2.45, 2.75) is 18.8 Å². The number of fused-ring (bicyclic) bond motifs is 1. The molecule has 35 heavy (non-hydrogen) atoms. The van der Waals surface area contributed by atoms with Crippen molar-refractivity contribution >= 4 is 16.9 Å². The predicted molar refractivity (Wildman–Crippen MR) is 130 cm³/mol. The summed E-state index contributed by atoms with van der Waals surface area (Å²) in [5.74, 6) is -1.27. The molecule has 0 radical (unpaired) electrons. The van der Waals surface area contributed by atoms with Crippen LogP contribution in [-0.4, -0.2) is 34.9 Å². The molecule has 1 heterocycles. The Bertz CT molecular complexity index is 1410. The van der Waals surface area contributed by atoms with Gasteiger partial charge in [0.2, 0.25) is 5.91 Å². The number of phenols is 2. The first-order valence-electron chi connectivity index (χ1n) is 11.0. The maximum absolute atomic E-state index is 12.9. The zero-order chi connectivity index (χ0) is 24.9. The monoisotopic (exact) mass is 475 g/mol. The highest BCUT2D eigenvalue weighted by Gasteiger charge is 2.27. The third-order valence-electron chi connectivity index (χ3n) is 5.84. The van der Waals surface area contributed by atoms with Crippen molar-refractivity contribution < 1.29 is 29.3 Å². The van der Waals surface area contributed by atoms with Gasteiger partial charge in [-0.15, -0.1) is 0 Å². The molecule has 4 aromatic rings. The smallest absolute Gasteiger partial charge is 0.343 e. The van der Waals surface area contributed by atoms with E-state index in [2.05, 4.69) is 5.32 Å². The van der Waals surface area contributed by atoms with Crippen molar-refractivity contribution in [3.63, 3.8) is 0 Å². The van der Waals surface area contributed by atoms with Gasteiger partial charge in [0.25, 0.3) is 0 Å². The standard InChI is InChI=1S/C27H25NO7/c1-34-23-11-8-17(14-21(23)30)20(15-24(31)28-13-12-16-6-9-18(29)10-7-16)25-26(32)19-4-2-3-5-22(19)35-27(25)33/h2-11,14,20,29-30,32H,12-13,15H2,1H3,(H,28,31)/t20-/m1/s1. The summed E-state index contributed by atoms with van der Waals surface area (Å²) in [6.07, 6.45) is 0.376. The normalized spacial score (nSPS) is 11.8. The third-order valence-corrected chi connectivity index (χ3v) is 5.84. The number of hydrogen-bond acceptors (Lipinski definition) is 7. The van der Waals surface area contributed by atoms with Gasteiger partial charge in [0.1, 0.15) is 17.1 Å². The van der Waals surface area contributed by atoms with Crippen LogP contribution in [0.15, 0.2) is 75.9 Å². The lowest BCUT2D eigenvalue weighted by Gasteiger charge is -2.19. The number of ether oxygens (including phenoxy) is 1. The first kappa shape index (κ1) is 23.7. The van der Waals surface area contributed by atoms with Crippen molar-refractivity contribution in [1.29, 1.82) is 0 Å². The van der Waals surface area contributed by atoms with Gasteiger partial charge in [0.15, 0.2) is 11.5 Å². The van der Waals surface area contributed by atoms with E-state index < -0.39 is 11.5 Å². The van der Waals surface area contributed by atoms with Crippen molar-refractivity contribution in [3.05, 3.63) is 93.8 Å². The van der Waals surface area contributed by atoms with E-state index >= 15 is 0 Å². The minimum Gasteiger partial charge on any atom is -0.508 e. The minimum atomic E-state index is -0.888. The molecule has 0 aliphatic rings. The summed E-state index contributed by atoms with van der Waals surface area (Å²) in [6, 6.07) is 17.8. The van der Waals surface area contributed by atoms with Gasteiger partial charge in [-0.05, 0) is 53.9 Å². The minimum absolute atomic E-state index is 0.0676. The van der Waals surface area contributed by atoms with Crippen LogP contribution in [0.25, 0.3) is 11.0 Å². The van der Waals surface area contributed by atoms with Crippen LogP contribution in [-0.2, 0) is 11.2 Å². The fourth-order valence-electron chi connectivity index (χ4n) is 4.03. The van der Waals surface area contributed by atoms with E-state index in [9.17, 15) is 24.9 Å². The van der Waals surface area contributed by atoms with Gasteiger partial charge < -0.3 is 29.8 Å². The van der Waals surface area contributed by atoms with E-state index in [4.69, 9.17) is 9.15 Å². The molecule has 0 bridgehead atoms. The summed E-state index contributed by atoms with van der Waals surface area (Å²) < 4.78 is 10.5. The molecule has 0 saturated carbocycles. The molecule has 0 aliphatic carbocycles. The third kappa shape index (κ3) is 5.22. The molecule has 4 N–H and O–H groups in total. The van der Waals surface area contributed by atoms with Crippen molar-refractivity contribution in [2.24, 2.45) is 0 Å². The second-order valence-electron chi connectivity index (χ2n) is 8.10. The molecule has 0 saturated heterocycles. The number of aromatic hydroxyl groups is 3. The summed E-state index contributed by atoms with van der Waals surface area (Å²) >= 11 is 0. The molecule has 1 amide bonds. The molecule has 0 fully saturated rings.